The normalized spacial score (nSPS) is 35.6. The fourth-order valence-corrected chi connectivity index (χ4v) is 2.39. The molecule has 2 fully saturated rings. The van der Waals surface area contributed by atoms with E-state index in [2.05, 4.69) is 4.74 Å². The number of cyclic esters (lactones) is 1. The van der Waals surface area contributed by atoms with Gasteiger partial charge in [-0.25, -0.2) is 9.59 Å². The largest absolute Gasteiger partial charge is 0.457 e. The molecule has 3 unspecified atom stereocenters. The van der Waals surface area contributed by atoms with Crippen LogP contribution in [0.5, 0.6) is 0 Å². The zero-order chi connectivity index (χ0) is 15.3. The summed E-state index contributed by atoms with van der Waals surface area (Å²) in [6.45, 7) is 4.17. The molecule has 3 atom stereocenters. The van der Waals surface area contributed by atoms with Crippen molar-refractivity contribution >= 4 is 27.9 Å². The number of hydrogen-bond acceptors (Lipinski definition) is 6. The van der Waals surface area contributed by atoms with Crippen LogP contribution in [0, 0.1) is 0 Å². The van der Waals surface area contributed by atoms with Crippen LogP contribution in [0.3, 0.4) is 0 Å². The summed E-state index contributed by atoms with van der Waals surface area (Å²) in [6, 6.07) is 0. The molecule has 2 aliphatic rings. The van der Waals surface area contributed by atoms with Crippen LogP contribution >= 0.6 is 15.9 Å². The Morgan fingerprint density at radius 2 is 2.05 bits per heavy atom. The maximum absolute atomic E-state index is 12.6. The number of alkyl halides is 3. The molecule has 9 heteroatoms. The molecule has 0 spiro atoms. The fraction of sp³-hybridized carbons (Fsp3) is 0.818. The summed E-state index contributed by atoms with van der Waals surface area (Å²) in [6.07, 6.45) is -1.82. The van der Waals surface area contributed by atoms with Crippen LogP contribution in [0.25, 0.3) is 0 Å². The Kier molecular flexibility index (Phi) is 3.59. The van der Waals surface area contributed by atoms with Crippen LogP contribution < -0.4 is 0 Å². The highest BCUT2D eigenvalue weighted by Gasteiger charge is 2.65. The Morgan fingerprint density at radius 1 is 1.45 bits per heavy atom. The van der Waals surface area contributed by atoms with E-state index in [0.29, 0.717) is 0 Å². The third-order valence-corrected chi connectivity index (χ3v) is 3.35. The van der Waals surface area contributed by atoms with Gasteiger partial charge in [0.15, 0.2) is 17.5 Å². The predicted molar refractivity (Wildman–Crippen MR) is 63.2 cm³/mol. The third kappa shape index (κ3) is 2.66. The Bertz CT molecular complexity index is 449. The Morgan fingerprint density at radius 3 is 2.60 bits per heavy atom. The van der Waals surface area contributed by atoms with Crippen molar-refractivity contribution in [2.24, 2.45) is 0 Å². The van der Waals surface area contributed by atoms with Crippen molar-refractivity contribution in [3.8, 4) is 0 Å². The Labute approximate surface area is 121 Å². The first-order chi connectivity index (χ1) is 8.96. The lowest BCUT2D eigenvalue weighted by atomic mass is 9.99. The first-order valence-electron chi connectivity index (χ1n) is 5.79. The molecule has 0 N–H and O–H groups in total. The van der Waals surface area contributed by atoms with Gasteiger partial charge in [-0.15, -0.1) is 0 Å². The molecule has 2 saturated heterocycles. The van der Waals surface area contributed by atoms with E-state index < -0.39 is 47.0 Å². The molecule has 0 bridgehead atoms. The second-order valence-corrected chi connectivity index (χ2v) is 6.18. The molecule has 0 aromatic rings. The fourth-order valence-electron chi connectivity index (χ4n) is 2.28. The van der Waals surface area contributed by atoms with Crippen molar-refractivity contribution < 1.29 is 37.3 Å². The average Bonchev–Trinajstić information content (AvgIpc) is 2.64. The number of hydrogen-bond donors (Lipinski definition) is 0. The van der Waals surface area contributed by atoms with E-state index in [1.54, 1.807) is 13.8 Å². The zero-order valence-electron chi connectivity index (χ0n) is 10.9. The van der Waals surface area contributed by atoms with Crippen molar-refractivity contribution in [3.63, 3.8) is 0 Å². The number of esters is 2. The molecule has 6 nitrogen and oxygen atoms in total. The van der Waals surface area contributed by atoms with Gasteiger partial charge in [-0.2, -0.15) is 8.78 Å². The van der Waals surface area contributed by atoms with Gasteiger partial charge >= 0.3 is 16.8 Å². The minimum atomic E-state index is -3.79. The molecule has 2 rings (SSSR count). The minimum Gasteiger partial charge on any atom is -0.457 e. The lowest BCUT2D eigenvalue weighted by Crippen LogP contribution is -2.42. The van der Waals surface area contributed by atoms with Gasteiger partial charge in [0.05, 0.1) is 0 Å². The quantitative estimate of drug-likeness (QED) is 0.560. The highest BCUT2D eigenvalue weighted by molar-refractivity contribution is 9.10. The van der Waals surface area contributed by atoms with Gasteiger partial charge in [-0.3, -0.25) is 0 Å². The van der Waals surface area contributed by atoms with Gasteiger partial charge in [0.25, 0.3) is 0 Å². The maximum atomic E-state index is 12.6. The molecule has 0 aromatic heterocycles. The summed E-state index contributed by atoms with van der Waals surface area (Å²) in [5.41, 5.74) is -1.34. The smallest absolute Gasteiger partial charge is 0.395 e. The van der Waals surface area contributed by atoms with Crippen molar-refractivity contribution in [1.82, 2.24) is 0 Å². The molecule has 20 heavy (non-hydrogen) atoms. The number of halogens is 3. The van der Waals surface area contributed by atoms with E-state index >= 15 is 0 Å². The first kappa shape index (κ1) is 15.6. The van der Waals surface area contributed by atoms with Crippen molar-refractivity contribution in [3.05, 3.63) is 0 Å². The van der Waals surface area contributed by atoms with Crippen molar-refractivity contribution in [2.75, 3.05) is 6.61 Å². The van der Waals surface area contributed by atoms with E-state index in [1.807, 2.05) is 15.9 Å². The van der Waals surface area contributed by atoms with Crippen LogP contribution in [0.15, 0.2) is 0 Å². The third-order valence-electron chi connectivity index (χ3n) is 3.02. The second-order valence-electron chi connectivity index (χ2n) is 5.19. The van der Waals surface area contributed by atoms with E-state index in [4.69, 9.17) is 14.2 Å². The van der Waals surface area contributed by atoms with E-state index in [-0.39, 0.29) is 0 Å². The van der Waals surface area contributed by atoms with Gasteiger partial charge in [-0.1, -0.05) is 0 Å². The van der Waals surface area contributed by atoms with E-state index in [9.17, 15) is 18.4 Å². The molecule has 114 valence electrons. The van der Waals surface area contributed by atoms with Crippen LogP contribution in [0.4, 0.5) is 8.78 Å². The SMILES string of the molecule is CC1(C)OC2C(COC(=O)C(F)(F)Br)OC(=O)C2(C)O1. The molecular formula is C11H13BrF2O6. The topological polar surface area (TPSA) is 71.1 Å². The first-order valence-corrected chi connectivity index (χ1v) is 6.58. The number of carbonyl (C=O) groups excluding carboxylic acids is 2. The van der Waals surface area contributed by atoms with Crippen LogP contribution in [0.2, 0.25) is 0 Å². The van der Waals surface area contributed by atoms with Crippen LogP contribution in [-0.4, -0.2) is 47.0 Å². The van der Waals surface area contributed by atoms with Gasteiger partial charge in [-0.05, 0) is 20.8 Å². The number of carbonyl (C=O) groups is 2. The lowest BCUT2D eigenvalue weighted by molar-refractivity contribution is -0.200. The number of ether oxygens (including phenoxy) is 4. The minimum absolute atomic E-state index is 0.536. The summed E-state index contributed by atoms with van der Waals surface area (Å²) >= 11 is 1.88. The van der Waals surface area contributed by atoms with E-state index in [0.717, 1.165) is 0 Å². The second kappa shape index (κ2) is 4.60. The number of rotatable bonds is 3. The highest BCUT2D eigenvalue weighted by atomic mass is 79.9. The molecular weight excluding hydrogens is 346 g/mol. The van der Waals surface area contributed by atoms with Crippen LogP contribution in [0.1, 0.15) is 20.8 Å². The molecule has 2 heterocycles. The van der Waals surface area contributed by atoms with Gasteiger partial charge in [0.1, 0.15) is 12.7 Å². The van der Waals surface area contributed by atoms with Crippen molar-refractivity contribution in [1.29, 1.82) is 0 Å². The van der Waals surface area contributed by atoms with Gasteiger partial charge in [0.2, 0.25) is 0 Å². The van der Waals surface area contributed by atoms with Crippen LogP contribution in [-0.2, 0) is 28.5 Å². The zero-order valence-corrected chi connectivity index (χ0v) is 12.5. The summed E-state index contributed by atoms with van der Waals surface area (Å²) in [7, 11) is 0. The Balaban J connectivity index is 2.05. The molecule has 0 saturated carbocycles. The molecule has 0 amide bonds. The standard InChI is InChI=1S/C11H13BrF2O6/c1-9(2)19-6-5(4-17-8(16)11(12,13)14)18-7(15)10(6,3)20-9/h5-6H,4H2,1-3H3. The average molecular weight is 359 g/mol. The van der Waals surface area contributed by atoms with Crippen molar-refractivity contribution in [2.45, 2.75) is 49.2 Å². The summed E-state index contributed by atoms with van der Waals surface area (Å²) in [4.78, 5) is 19.0. The Hall–Kier alpha value is -0.800. The molecule has 0 radical (unpaired) electrons. The maximum Gasteiger partial charge on any atom is 0.395 e. The molecule has 0 aromatic carbocycles. The van der Waals surface area contributed by atoms with Gasteiger partial charge < -0.3 is 18.9 Å². The van der Waals surface area contributed by atoms with Gasteiger partial charge in [0, 0.05) is 15.9 Å². The molecule has 2 aliphatic heterocycles. The van der Waals surface area contributed by atoms with E-state index in [1.165, 1.54) is 6.92 Å². The summed E-state index contributed by atoms with van der Waals surface area (Å²) in [5, 5.41) is 0. The predicted octanol–water partition coefficient (Wildman–Crippen LogP) is 1.35. The lowest BCUT2D eigenvalue weighted by Gasteiger charge is -2.21. The highest BCUT2D eigenvalue weighted by Crippen LogP contribution is 2.43. The number of fused-ring (bicyclic) bond motifs is 1. The monoisotopic (exact) mass is 358 g/mol. The molecule has 0 aliphatic carbocycles. The summed E-state index contributed by atoms with van der Waals surface area (Å²) in [5.74, 6) is -3.46. The summed E-state index contributed by atoms with van der Waals surface area (Å²) < 4.78 is 45.6.